The van der Waals surface area contributed by atoms with E-state index in [2.05, 4.69) is 5.32 Å². The van der Waals surface area contributed by atoms with E-state index in [1.54, 1.807) is 31.2 Å². The van der Waals surface area contributed by atoms with Crippen molar-refractivity contribution in [3.05, 3.63) is 83.9 Å². The summed E-state index contributed by atoms with van der Waals surface area (Å²) in [5.74, 6) is 0.390. The summed E-state index contributed by atoms with van der Waals surface area (Å²) < 4.78 is 5.68. The largest absolute Gasteiger partial charge is 0.481 e. The van der Waals surface area contributed by atoms with E-state index in [1.165, 1.54) is 0 Å². The highest BCUT2D eigenvalue weighted by Crippen LogP contribution is 2.27. The number of carbonyl (C=O) groups excluding carboxylic acids is 1. The van der Waals surface area contributed by atoms with Gasteiger partial charge in [-0.25, -0.2) is 0 Å². The van der Waals surface area contributed by atoms with E-state index in [1.807, 2.05) is 54.6 Å². The van der Waals surface area contributed by atoms with E-state index in [4.69, 9.17) is 16.3 Å². The number of carbonyl (C=O) groups is 1. The second-order valence-corrected chi connectivity index (χ2v) is 6.05. The van der Waals surface area contributed by atoms with Crippen LogP contribution < -0.4 is 10.1 Å². The van der Waals surface area contributed by atoms with Crippen LogP contribution in [0, 0.1) is 0 Å². The fourth-order valence-electron chi connectivity index (χ4n) is 2.47. The molecule has 3 rings (SSSR count). The summed E-state index contributed by atoms with van der Waals surface area (Å²) in [5, 5.41) is 3.58. The van der Waals surface area contributed by atoms with Crippen molar-refractivity contribution in [2.75, 3.05) is 5.32 Å². The molecule has 3 nitrogen and oxygen atoms in total. The molecule has 0 radical (unpaired) electrons. The van der Waals surface area contributed by atoms with Gasteiger partial charge in [0.15, 0.2) is 6.10 Å². The van der Waals surface area contributed by atoms with Gasteiger partial charge in [-0.3, -0.25) is 4.79 Å². The maximum Gasteiger partial charge on any atom is 0.265 e. The van der Waals surface area contributed by atoms with Gasteiger partial charge in [0.1, 0.15) is 5.75 Å². The standard InChI is InChI=1S/C21H18ClNO2/c1-15(25-18-13-11-17(22)12-14-18)21(24)23-20-10-6-5-9-19(20)16-7-3-2-4-8-16/h2-15H,1H3,(H,23,24)/t15-/m1/s1. The first kappa shape index (κ1) is 17.1. The number of amides is 1. The van der Waals surface area contributed by atoms with Gasteiger partial charge < -0.3 is 10.1 Å². The van der Waals surface area contributed by atoms with E-state index in [-0.39, 0.29) is 5.91 Å². The molecule has 1 N–H and O–H groups in total. The Hall–Kier alpha value is -2.78. The van der Waals surface area contributed by atoms with Gasteiger partial charge in [0.05, 0.1) is 0 Å². The average Bonchev–Trinajstić information content (AvgIpc) is 2.64. The van der Waals surface area contributed by atoms with Gasteiger partial charge in [-0.15, -0.1) is 0 Å². The highest BCUT2D eigenvalue weighted by molar-refractivity contribution is 6.30. The van der Waals surface area contributed by atoms with Crippen molar-refractivity contribution >= 4 is 23.2 Å². The SMILES string of the molecule is C[C@@H](Oc1ccc(Cl)cc1)C(=O)Nc1ccccc1-c1ccccc1. The first-order valence-electron chi connectivity index (χ1n) is 8.01. The van der Waals surface area contributed by atoms with Gasteiger partial charge in [0.25, 0.3) is 5.91 Å². The number of ether oxygens (including phenoxy) is 1. The minimum Gasteiger partial charge on any atom is -0.481 e. The van der Waals surface area contributed by atoms with E-state index in [9.17, 15) is 4.79 Å². The normalized spacial score (nSPS) is 11.6. The van der Waals surface area contributed by atoms with Gasteiger partial charge >= 0.3 is 0 Å². The summed E-state index contributed by atoms with van der Waals surface area (Å²) in [6, 6.07) is 24.6. The molecule has 0 unspecified atom stereocenters. The Morgan fingerprint density at radius 2 is 1.56 bits per heavy atom. The lowest BCUT2D eigenvalue weighted by Crippen LogP contribution is -2.30. The van der Waals surface area contributed by atoms with Gasteiger partial charge in [0, 0.05) is 16.3 Å². The number of rotatable bonds is 5. The zero-order valence-electron chi connectivity index (χ0n) is 13.8. The predicted molar refractivity (Wildman–Crippen MR) is 102 cm³/mol. The van der Waals surface area contributed by atoms with Crippen molar-refractivity contribution in [1.82, 2.24) is 0 Å². The van der Waals surface area contributed by atoms with Crippen molar-refractivity contribution in [3.63, 3.8) is 0 Å². The van der Waals surface area contributed by atoms with Crippen molar-refractivity contribution < 1.29 is 9.53 Å². The minimum atomic E-state index is -0.634. The van der Waals surface area contributed by atoms with E-state index in [0.717, 1.165) is 16.8 Å². The van der Waals surface area contributed by atoms with E-state index in [0.29, 0.717) is 10.8 Å². The molecule has 0 aliphatic carbocycles. The molecule has 126 valence electrons. The fraction of sp³-hybridized carbons (Fsp3) is 0.0952. The third-order valence-corrected chi connectivity index (χ3v) is 4.02. The van der Waals surface area contributed by atoms with Gasteiger partial charge in [0.2, 0.25) is 0 Å². The molecule has 0 aromatic heterocycles. The van der Waals surface area contributed by atoms with Crippen LogP contribution in [0.15, 0.2) is 78.9 Å². The lowest BCUT2D eigenvalue weighted by molar-refractivity contribution is -0.122. The molecule has 0 aliphatic rings. The lowest BCUT2D eigenvalue weighted by atomic mass is 10.0. The second-order valence-electron chi connectivity index (χ2n) is 5.61. The molecule has 25 heavy (non-hydrogen) atoms. The molecule has 1 atom stereocenters. The molecule has 4 heteroatoms. The smallest absolute Gasteiger partial charge is 0.265 e. The summed E-state index contributed by atoms with van der Waals surface area (Å²) in [5.41, 5.74) is 2.77. The van der Waals surface area contributed by atoms with Crippen molar-refractivity contribution in [2.45, 2.75) is 13.0 Å². The number of hydrogen-bond donors (Lipinski definition) is 1. The van der Waals surface area contributed by atoms with Crippen LogP contribution in [-0.2, 0) is 4.79 Å². The van der Waals surface area contributed by atoms with Crippen LogP contribution in [0.3, 0.4) is 0 Å². The van der Waals surface area contributed by atoms with E-state index < -0.39 is 6.10 Å². The third kappa shape index (κ3) is 4.40. The van der Waals surface area contributed by atoms with Crippen LogP contribution in [0.1, 0.15) is 6.92 Å². The number of hydrogen-bond acceptors (Lipinski definition) is 2. The number of benzene rings is 3. The zero-order chi connectivity index (χ0) is 17.6. The number of nitrogens with one attached hydrogen (secondary N) is 1. The van der Waals surface area contributed by atoms with Gasteiger partial charge in [-0.1, -0.05) is 60.1 Å². The first-order chi connectivity index (χ1) is 12.1. The van der Waals surface area contributed by atoms with Crippen LogP contribution in [0.25, 0.3) is 11.1 Å². The minimum absolute atomic E-state index is 0.210. The summed E-state index contributed by atoms with van der Waals surface area (Å²) in [6.45, 7) is 1.72. The average molecular weight is 352 g/mol. The Balaban J connectivity index is 1.74. The quantitative estimate of drug-likeness (QED) is 0.667. The van der Waals surface area contributed by atoms with Crippen LogP contribution in [0.4, 0.5) is 5.69 Å². The molecule has 0 saturated heterocycles. The Morgan fingerprint density at radius 1 is 0.920 bits per heavy atom. The zero-order valence-corrected chi connectivity index (χ0v) is 14.5. The van der Waals surface area contributed by atoms with Gasteiger partial charge in [-0.05, 0) is 42.8 Å². The predicted octanol–water partition coefficient (Wildman–Crippen LogP) is 5.41. The Kier molecular flexibility index (Phi) is 5.36. The Labute approximate surface area is 152 Å². The molecule has 3 aromatic rings. The maximum absolute atomic E-state index is 12.5. The monoisotopic (exact) mass is 351 g/mol. The second kappa shape index (κ2) is 7.86. The number of para-hydroxylation sites is 1. The van der Waals surface area contributed by atoms with Crippen LogP contribution in [0.5, 0.6) is 5.75 Å². The molecule has 1 amide bonds. The molecule has 0 fully saturated rings. The lowest BCUT2D eigenvalue weighted by Gasteiger charge is -2.16. The topological polar surface area (TPSA) is 38.3 Å². The summed E-state index contributed by atoms with van der Waals surface area (Å²) in [7, 11) is 0. The molecule has 0 bridgehead atoms. The summed E-state index contributed by atoms with van der Waals surface area (Å²) in [6.07, 6.45) is -0.634. The molecule has 3 aromatic carbocycles. The van der Waals surface area contributed by atoms with Gasteiger partial charge in [-0.2, -0.15) is 0 Å². The molecule has 0 aliphatic heterocycles. The molecule has 0 spiro atoms. The Bertz CT molecular complexity index is 847. The maximum atomic E-state index is 12.5. The molecular formula is C21H18ClNO2. The van der Waals surface area contributed by atoms with Crippen LogP contribution >= 0.6 is 11.6 Å². The van der Waals surface area contributed by atoms with Crippen LogP contribution in [-0.4, -0.2) is 12.0 Å². The molecular weight excluding hydrogens is 334 g/mol. The Morgan fingerprint density at radius 3 is 2.28 bits per heavy atom. The number of anilines is 1. The number of halogens is 1. The van der Waals surface area contributed by atoms with Crippen molar-refractivity contribution in [3.8, 4) is 16.9 Å². The molecule has 0 heterocycles. The highest BCUT2D eigenvalue weighted by Gasteiger charge is 2.16. The van der Waals surface area contributed by atoms with Crippen LogP contribution in [0.2, 0.25) is 5.02 Å². The first-order valence-corrected chi connectivity index (χ1v) is 8.39. The third-order valence-electron chi connectivity index (χ3n) is 3.77. The summed E-state index contributed by atoms with van der Waals surface area (Å²) >= 11 is 5.86. The highest BCUT2D eigenvalue weighted by atomic mass is 35.5. The van der Waals surface area contributed by atoms with Crippen molar-refractivity contribution in [2.24, 2.45) is 0 Å². The van der Waals surface area contributed by atoms with Crippen molar-refractivity contribution in [1.29, 1.82) is 0 Å². The fourth-order valence-corrected chi connectivity index (χ4v) is 2.59. The summed E-state index contributed by atoms with van der Waals surface area (Å²) in [4.78, 5) is 12.5. The van der Waals surface area contributed by atoms with E-state index >= 15 is 0 Å². The molecule has 0 saturated carbocycles.